The third-order valence-electron chi connectivity index (χ3n) is 4.07. The van der Waals surface area contributed by atoms with Gasteiger partial charge in [0.25, 0.3) is 0 Å². The van der Waals surface area contributed by atoms with Crippen LogP contribution in [0.15, 0.2) is 4.99 Å². The van der Waals surface area contributed by atoms with Crippen LogP contribution in [0.5, 0.6) is 0 Å². The molecule has 0 aromatic rings. The first kappa shape index (κ1) is 31.4. The van der Waals surface area contributed by atoms with Crippen LogP contribution in [0.4, 0.5) is 9.59 Å². The van der Waals surface area contributed by atoms with Crippen LogP contribution in [0.25, 0.3) is 0 Å². The fraction of sp³-hybridized carbons (Fsp3) is 0.714. The Morgan fingerprint density at radius 3 is 2.11 bits per heavy atom. The lowest BCUT2D eigenvalue weighted by molar-refractivity contribution is -0.131. The van der Waals surface area contributed by atoms with Crippen LogP contribution in [-0.4, -0.2) is 80.3 Å². The zero-order valence-corrected chi connectivity index (χ0v) is 20.9. The number of hydrogen-bond acceptors (Lipinski definition) is 9. The Hall–Kier alpha value is -3.58. The summed E-state index contributed by atoms with van der Waals surface area (Å²) in [5.74, 6) is -1.48. The van der Waals surface area contributed by atoms with Gasteiger partial charge in [0.1, 0.15) is 25.0 Å². The minimum atomic E-state index is -1.37. The van der Waals surface area contributed by atoms with Gasteiger partial charge in [-0.2, -0.15) is 0 Å². The lowest BCUT2D eigenvalue weighted by atomic mass is 10.1. The largest absolute Gasteiger partial charge is 0.508 e. The molecular formula is C21H38N6O8. The van der Waals surface area contributed by atoms with Crippen molar-refractivity contribution in [3.8, 4) is 0 Å². The van der Waals surface area contributed by atoms with Gasteiger partial charge in [0.05, 0.1) is 18.8 Å². The Kier molecular flexibility index (Phi) is 15.2. The van der Waals surface area contributed by atoms with E-state index in [0.29, 0.717) is 12.7 Å². The van der Waals surface area contributed by atoms with E-state index < -0.39 is 54.9 Å². The quantitative estimate of drug-likeness (QED) is 0.0638. The standard InChI is InChI=1S/C21H38N6O8/c1-12(2)10-33-20(31)27-16(11-34-21(32)35-13(3)4)18(30)25-14(5)17(29)26-15(9-28)7-6-8-24-19(22)23/h9,12-16H,6-8,10-11H2,1-5H3,(H,25,30)(H,26,29)(H,27,31)(H4,22,23,24). The molecule has 14 nitrogen and oxygen atoms in total. The van der Waals surface area contributed by atoms with E-state index >= 15 is 0 Å². The van der Waals surface area contributed by atoms with Crippen LogP contribution < -0.4 is 27.4 Å². The number of aliphatic imine (C=N–C) groups is 1. The molecule has 0 aromatic heterocycles. The molecule has 7 N–H and O–H groups in total. The van der Waals surface area contributed by atoms with Crippen molar-refractivity contribution in [2.45, 2.75) is 71.7 Å². The molecule has 0 aliphatic heterocycles. The van der Waals surface area contributed by atoms with E-state index in [4.69, 9.17) is 25.7 Å². The molecule has 0 aliphatic carbocycles. The number of nitrogens with zero attached hydrogens (tertiary/aromatic N) is 1. The van der Waals surface area contributed by atoms with Crippen molar-refractivity contribution in [3.05, 3.63) is 0 Å². The molecule has 0 bridgehead atoms. The molecule has 0 rings (SSSR count). The summed E-state index contributed by atoms with van der Waals surface area (Å²) < 4.78 is 14.7. The number of carbonyl (C=O) groups excluding carboxylic acids is 5. The number of nitrogens with two attached hydrogens (primary N) is 2. The Bertz CT molecular complexity index is 739. The maximum atomic E-state index is 12.7. The molecule has 0 fully saturated rings. The van der Waals surface area contributed by atoms with E-state index in [1.54, 1.807) is 13.8 Å². The van der Waals surface area contributed by atoms with Crippen molar-refractivity contribution in [2.24, 2.45) is 22.4 Å². The van der Waals surface area contributed by atoms with Crippen molar-refractivity contribution in [2.75, 3.05) is 19.8 Å². The van der Waals surface area contributed by atoms with E-state index in [9.17, 15) is 24.0 Å². The smallest absolute Gasteiger partial charge is 0.449 e. The van der Waals surface area contributed by atoms with Crippen LogP contribution in [-0.2, 0) is 28.6 Å². The Labute approximate surface area is 204 Å². The van der Waals surface area contributed by atoms with Gasteiger partial charge < -0.3 is 46.4 Å². The van der Waals surface area contributed by atoms with Crippen molar-refractivity contribution in [1.29, 1.82) is 0 Å². The molecule has 0 aromatic carbocycles. The molecule has 0 spiro atoms. The topological polar surface area (TPSA) is 214 Å². The molecule has 0 heterocycles. The molecule has 0 saturated carbocycles. The van der Waals surface area contributed by atoms with E-state index in [-0.39, 0.29) is 31.4 Å². The number of nitrogens with one attached hydrogen (secondary N) is 3. The van der Waals surface area contributed by atoms with Crippen LogP contribution in [0, 0.1) is 5.92 Å². The molecule has 200 valence electrons. The van der Waals surface area contributed by atoms with Crippen LogP contribution >= 0.6 is 0 Å². The highest BCUT2D eigenvalue weighted by atomic mass is 16.7. The fourth-order valence-corrected chi connectivity index (χ4v) is 2.37. The number of carbonyl (C=O) groups is 5. The number of hydrogen-bond donors (Lipinski definition) is 5. The lowest BCUT2D eigenvalue weighted by Gasteiger charge is -2.22. The number of guanidine groups is 1. The molecular weight excluding hydrogens is 464 g/mol. The summed E-state index contributed by atoms with van der Waals surface area (Å²) in [6.07, 6.45) is -1.10. The summed E-state index contributed by atoms with van der Waals surface area (Å²) in [5, 5.41) is 7.19. The molecule has 3 amide bonds. The average Bonchev–Trinajstić information content (AvgIpc) is 2.76. The van der Waals surface area contributed by atoms with Crippen molar-refractivity contribution in [1.82, 2.24) is 16.0 Å². The summed E-state index contributed by atoms with van der Waals surface area (Å²) in [4.78, 5) is 63.9. The van der Waals surface area contributed by atoms with Gasteiger partial charge in [-0.1, -0.05) is 13.8 Å². The van der Waals surface area contributed by atoms with E-state index in [0.717, 1.165) is 0 Å². The number of aldehydes is 1. The molecule has 3 unspecified atom stereocenters. The second-order valence-electron chi connectivity index (χ2n) is 8.35. The Morgan fingerprint density at radius 2 is 1.57 bits per heavy atom. The molecule has 3 atom stereocenters. The third-order valence-corrected chi connectivity index (χ3v) is 4.07. The number of amides is 3. The maximum absolute atomic E-state index is 12.7. The fourth-order valence-electron chi connectivity index (χ4n) is 2.37. The highest BCUT2D eigenvalue weighted by Gasteiger charge is 2.27. The monoisotopic (exact) mass is 502 g/mol. The van der Waals surface area contributed by atoms with Crippen molar-refractivity contribution in [3.63, 3.8) is 0 Å². The SMILES string of the molecule is CC(C)COC(=O)NC(COC(=O)OC(C)C)C(=O)NC(C)C(=O)NC(C=O)CCCN=C(N)N. The van der Waals surface area contributed by atoms with Crippen molar-refractivity contribution >= 4 is 36.3 Å². The first-order valence-corrected chi connectivity index (χ1v) is 11.2. The van der Waals surface area contributed by atoms with Gasteiger partial charge in [-0.15, -0.1) is 0 Å². The van der Waals surface area contributed by atoms with Crippen LogP contribution in [0.1, 0.15) is 47.5 Å². The summed E-state index contributed by atoms with van der Waals surface area (Å²) in [5.41, 5.74) is 10.5. The third kappa shape index (κ3) is 15.8. The minimum absolute atomic E-state index is 0.0549. The predicted molar refractivity (Wildman–Crippen MR) is 126 cm³/mol. The average molecular weight is 503 g/mol. The van der Waals surface area contributed by atoms with Crippen molar-refractivity contribution < 1.29 is 38.2 Å². The van der Waals surface area contributed by atoms with Gasteiger partial charge in [-0.05, 0) is 39.5 Å². The summed E-state index contributed by atoms with van der Waals surface area (Å²) in [6.45, 7) is 8.09. The zero-order chi connectivity index (χ0) is 27.0. The van der Waals surface area contributed by atoms with E-state index in [1.807, 2.05) is 13.8 Å². The first-order chi connectivity index (χ1) is 16.3. The van der Waals surface area contributed by atoms with E-state index in [2.05, 4.69) is 20.9 Å². The lowest BCUT2D eigenvalue weighted by Crippen LogP contribution is -2.55. The summed E-state index contributed by atoms with van der Waals surface area (Å²) in [6, 6.07) is -3.27. The molecule has 35 heavy (non-hydrogen) atoms. The van der Waals surface area contributed by atoms with Crippen LogP contribution in [0.2, 0.25) is 0 Å². The second-order valence-corrected chi connectivity index (χ2v) is 8.35. The zero-order valence-electron chi connectivity index (χ0n) is 20.9. The predicted octanol–water partition coefficient (Wildman–Crippen LogP) is -0.459. The highest BCUT2D eigenvalue weighted by Crippen LogP contribution is 2.00. The molecule has 0 radical (unpaired) electrons. The first-order valence-electron chi connectivity index (χ1n) is 11.2. The van der Waals surface area contributed by atoms with Gasteiger partial charge in [0, 0.05) is 6.54 Å². The number of ether oxygens (including phenoxy) is 3. The second kappa shape index (κ2) is 16.9. The molecule has 0 saturated heterocycles. The van der Waals surface area contributed by atoms with E-state index in [1.165, 1.54) is 6.92 Å². The van der Waals surface area contributed by atoms with Gasteiger partial charge in [0.2, 0.25) is 11.8 Å². The Morgan fingerprint density at radius 1 is 0.914 bits per heavy atom. The van der Waals surface area contributed by atoms with Gasteiger partial charge in [0.15, 0.2) is 5.96 Å². The number of rotatable bonds is 15. The maximum Gasteiger partial charge on any atom is 0.508 e. The van der Waals surface area contributed by atoms with Crippen LogP contribution in [0.3, 0.4) is 0 Å². The van der Waals surface area contributed by atoms with Gasteiger partial charge in [-0.25, -0.2) is 9.59 Å². The molecule has 14 heteroatoms. The van der Waals surface area contributed by atoms with Gasteiger partial charge in [-0.3, -0.25) is 14.6 Å². The number of alkyl carbamates (subject to hydrolysis) is 1. The normalized spacial score (nSPS) is 13.1. The minimum Gasteiger partial charge on any atom is -0.449 e. The summed E-state index contributed by atoms with van der Waals surface area (Å²) >= 11 is 0. The highest BCUT2D eigenvalue weighted by molar-refractivity contribution is 5.92. The summed E-state index contributed by atoms with van der Waals surface area (Å²) in [7, 11) is 0. The molecule has 0 aliphatic rings. The Balaban J connectivity index is 5.01. The van der Waals surface area contributed by atoms with Gasteiger partial charge >= 0.3 is 12.2 Å².